The number of nitrogens with one attached hydrogen (secondary N) is 2. The highest BCUT2D eigenvalue weighted by Gasteiger charge is 2.34. The molecule has 0 aliphatic carbocycles. The second kappa shape index (κ2) is 7.19. The monoisotopic (exact) mass is 378 g/mol. The molecule has 0 aromatic heterocycles. The summed E-state index contributed by atoms with van der Waals surface area (Å²) in [6, 6.07) is 6.62. The summed E-state index contributed by atoms with van der Waals surface area (Å²) in [6.45, 7) is 0. The number of alkyl halides is 3. The third kappa shape index (κ3) is 4.46. The molecule has 2 rings (SSSR count). The van der Waals surface area contributed by atoms with Gasteiger partial charge in [-0.05, 0) is 36.4 Å². The lowest BCUT2D eigenvalue weighted by Crippen LogP contribution is -2.21. The van der Waals surface area contributed by atoms with E-state index in [9.17, 15) is 18.0 Å². The summed E-state index contributed by atoms with van der Waals surface area (Å²) in [6.07, 6.45) is -4.66. The van der Waals surface area contributed by atoms with E-state index < -0.39 is 23.5 Å². The highest BCUT2D eigenvalue weighted by Crippen LogP contribution is 2.36. The molecule has 0 spiro atoms. The zero-order valence-corrected chi connectivity index (χ0v) is 13.7. The third-order valence-electron chi connectivity index (χ3n) is 2.94. The van der Waals surface area contributed by atoms with Crippen LogP contribution in [0.3, 0.4) is 0 Å². The van der Waals surface area contributed by atoms with Gasteiger partial charge in [-0.1, -0.05) is 23.2 Å². The quantitative estimate of drug-likeness (QED) is 0.723. The molecule has 2 aromatic carbocycles. The van der Waals surface area contributed by atoms with Crippen LogP contribution in [0, 0.1) is 0 Å². The van der Waals surface area contributed by atoms with Crippen LogP contribution < -0.4 is 15.4 Å². The fraction of sp³-hybridized carbons (Fsp3) is 0.133. The van der Waals surface area contributed by atoms with E-state index in [4.69, 9.17) is 27.9 Å². The maximum Gasteiger partial charge on any atom is 0.418 e. The molecule has 4 nitrogen and oxygen atoms in total. The Balaban J connectivity index is 2.17. The smallest absolute Gasteiger partial charge is 0.418 e. The summed E-state index contributed by atoms with van der Waals surface area (Å²) < 4.78 is 43.9. The van der Waals surface area contributed by atoms with Gasteiger partial charge in [-0.15, -0.1) is 0 Å². The number of carbonyl (C=O) groups is 1. The summed E-state index contributed by atoms with van der Waals surface area (Å²) in [7, 11) is 1.43. The predicted octanol–water partition coefficient (Wildman–Crippen LogP) is 5.66. The Kier molecular flexibility index (Phi) is 5.46. The van der Waals surface area contributed by atoms with Gasteiger partial charge in [0.15, 0.2) is 0 Å². The van der Waals surface area contributed by atoms with Crippen molar-refractivity contribution >= 4 is 40.6 Å². The van der Waals surface area contributed by atoms with E-state index in [0.717, 1.165) is 12.1 Å². The van der Waals surface area contributed by atoms with Crippen molar-refractivity contribution in [2.75, 3.05) is 17.7 Å². The lowest BCUT2D eigenvalue weighted by atomic mass is 10.1. The summed E-state index contributed by atoms with van der Waals surface area (Å²) >= 11 is 11.5. The number of urea groups is 1. The average Bonchev–Trinajstić information content (AvgIpc) is 2.48. The van der Waals surface area contributed by atoms with Gasteiger partial charge in [-0.2, -0.15) is 13.2 Å². The number of benzene rings is 2. The number of methoxy groups -OCH3 is 1. The van der Waals surface area contributed by atoms with Crippen LogP contribution in [0.15, 0.2) is 36.4 Å². The Hall–Kier alpha value is -2.12. The summed E-state index contributed by atoms with van der Waals surface area (Å²) in [4.78, 5) is 11.9. The Bertz CT molecular complexity index is 767. The van der Waals surface area contributed by atoms with Crippen molar-refractivity contribution in [1.29, 1.82) is 0 Å². The minimum absolute atomic E-state index is 0.0878. The third-order valence-corrected chi connectivity index (χ3v) is 3.48. The molecule has 2 aromatic rings. The standard InChI is InChI=1S/C15H11Cl2F3N2O2/c1-24-13-5-3-9(7-11(13)17)21-14(23)22-12-4-2-8(16)6-10(12)15(18,19)20/h2-7H,1H3,(H2,21,22,23). The van der Waals surface area contributed by atoms with Gasteiger partial charge in [-0.25, -0.2) is 4.79 Å². The van der Waals surface area contributed by atoms with Gasteiger partial charge in [0, 0.05) is 10.7 Å². The second-order valence-electron chi connectivity index (χ2n) is 4.62. The van der Waals surface area contributed by atoms with Crippen molar-refractivity contribution in [3.63, 3.8) is 0 Å². The molecule has 0 atom stereocenters. The lowest BCUT2D eigenvalue weighted by molar-refractivity contribution is -0.136. The number of halogens is 5. The molecule has 0 radical (unpaired) electrons. The van der Waals surface area contributed by atoms with E-state index in [1.807, 2.05) is 0 Å². The first-order chi connectivity index (χ1) is 11.2. The first kappa shape index (κ1) is 18.2. The molecule has 128 valence electrons. The van der Waals surface area contributed by atoms with Crippen LogP contribution >= 0.6 is 23.2 Å². The number of hydrogen-bond acceptors (Lipinski definition) is 2. The number of carbonyl (C=O) groups excluding carboxylic acids is 1. The summed E-state index contributed by atoms with van der Waals surface area (Å²) in [5.74, 6) is 0.402. The first-order valence-corrected chi connectivity index (χ1v) is 7.24. The van der Waals surface area contributed by atoms with Crippen molar-refractivity contribution in [1.82, 2.24) is 0 Å². The van der Waals surface area contributed by atoms with Gasteiger partial charge in [-0.3, -0.25) is 0 Å². The van der Waals surface area contributed by atoms with E-state index in [1.165, 1.54) is 31.4 Å². The van der Waals surface area contributed by atoms with Crippen LogP contribution in [-0.2, 0) is 6.18 Å². The van der Waals surface area contributed by atoms with Gasteiger partial charge in [0.1, 0.15) is 5.75 Å². The van der Waals surface area contributed by atoms with Crippen LogP contribution in [0.1, 0.15) is 5.56 Å². The maximum atomic E-state index is 13.0. The van der Waals surface area contributed by atoms with E-state index >= 15 is 0 Å². The molecule has 9 heteroatoms. The summed E-state index contributed by atoms with van der Waals surface area (Å²) in [5.41, 5.74) is -1.16. The van der Waals surface area contributed by atoms with E-state index in [-0.39, 0.29) is 10.0 Å². The number of ether oxygens (including phenoxy) is 1. The minimum Gasteiger partial charge on any atom is -0.495 e. The van der Waals surface area contributed by atoms with Crippen molar-refractivity contribution in [3.8, 4) is 5.75 Å². The van der Waals surface area contributed by atoms with Crippen LogP contribution in [0.2, 0.25) is 10.0 Å². The number of hydrogen-bond donors (Lipinski definition) is 2. The molecule has 0 heterocycles. The average molecular weight is 379 g/mol. The van der Waals surface area contributed by atoms with Crippen molar-refractivity contribution < 1.29 is 22.7 Å². The zero-order valence-electron chi connectivity index (χ0n) is 12.2. The highest BCUT2D eigenvalue weighted by atomic mass is 35.5. The number of amides is 2. The molecule has 0 aliphatic heterocycles. The normalized spacial score (nSPS) is 11.1. The Morgan fingerprint density at radius 1 is 1.08 bits per heavy atom. The van der Waals surface area contributed by atoms with Gasteiger partial charge in [0.05, 0.1) is 23.4 Å². The van der Waals surface area contributed by atoms with Crippen LogP contribution in [0.5, 0.6) is 5.75 Å². The van der Waals surface area contributed by atoms with Gasteiger partial charge < -0.3 is 15.4 Å². The van der Waals surface area contributed by atoms with Gasteiger partial charge in [0.2, 0.25) is 0 Å². The maximum absolute atomic E-state index is 13.0. The van der Waals surface area contributed by atoms with Crippen LogP contribution in [-0.4, -0.2) is 13.1 Å². The Morgan fingerprint density at radius 2 is 1.79 bits per heavy atom. The SMILES string of the molecule is COc1ccc(NC(=O)Nc2ccc(Cl)cc2C(F)(F)F)cc1Cl. The van der Waals surface area contributed by atoms with Crippen molar-refractivity contribution in [3.05, 3.63) is 52.0 Å². The molecule has 0 saturated carbocycles. The molecular formula is C15H11Cl2F3N2O2. The van der Waals surface area contributed by atoms with Crippen molar-refractivity contribution in [2.45, 2.75) is 6.18 Å². The molecule has 0 fully saturated rings. The fourth-order valence-electron chi connectivity index (χ4n) is 1.89. The van der Waals surface area contributed by atoms with Gasteiger partial charge >= 0.3 is 12.2 Å². The molecular weight excluding hydrogens is 368 g/mol. The molecule has 0 aliphatic rings. The van der Waals surface area contributed by atoms with E-state index in [1.54, 1.807) is 0 Å². The van der Waals surface area contributed by atoms with Crippen molar-refractivity contribution in [2.24, 2.45) is 0 Å². The first-order valence-electron chi connectivity index (χ1n) is 6.49. The molecule has 2 amide bonds. The number of rotatable bonds is 3. The highest BCUT2D eigenvalue weighted by molar-refractivity contribution is 6.32. The second-order valence-corrected chi connectivity index (χ2v) is 5.46. The Morgan fingerprint density at radius 3 is 2.38 bits per heavy atom. The van der Waals surface area contributed by atoms with Crippen LogP contribution in [0.25, 0.3) is 0 Å². The summed E-state index contributed by atoms with van der Waals surface area (Å²) in [5, 5.41) is 4.68. The molecule has 24 heavy (non-hydrogen) atoms. The number of anilines is 2. The molecule has 2 N–H and O–H groups in total. The largest absolute Gasteiger partial charge is 0.495 e. The predicted molar refractivity (Wildman–Crippen MR) is 87.1 cm³/mol. The Labute approximate surface area is 145 Å². The van der Waals surface area contributed by atoms with Gasteiger partial charge in [0.25, 0.3) is 0 Å². The van der Waals surface area contributed by atoms with E-state index in [0.29, 0.717) is 11.4 Å². The molecule has 0 bridgehead atoms. The molecule has 0 saturated heterocycles. The fourth-order valence-corrected chi connectivity index (χ4v) is 2.32. The molecule has 0 unspecified atom stereocenters. The van der Waals surface area contributed by atoms with Crippen LogP contribution in [0.4, 0.5) is 29.3 Å². The zero-order chi connectivity index (χ0) is 17.9. The minimum atomic E-state index is -4.66. The van der Waals surface area contributed by atoms with E-state index in [2.05, 4.69) is 10.6 Å². The lowest BCUT2D eigenvalue weighted by Gasteiger charge is -2.15. The topological polar surface area (TPSA) is 50.4 Å².